The molecule has 20 heavy (non-hydrogen) atoms. The van der Waals surface area contributed by atoms with Gasteiger partial charge >= 0.3 is 0 Å². The van der Waals surface area contributed by atoms with Crippen molar-refractivity contribution in [2.75, 3.05) is 0 Å². The zero-order chi connectivity index (χ0) is 14.8. The van der Waals surface area contributed by atoms with Gasteiger partial charge in [0.05, 0.1) is 5.71 Å². The second-order valence-electron chi connectivity index (χ2n) is 5.27. The molecule has 1 aromatic rings. The predicted molar refractivity (Wildman–Crippen MR) is 84.9 cm³/mol. The van der Waals surface area contributed by atoms with Crippen molar-refractivity contribution < 1.29 is 4.79 Å². The molecule has 1 N–H and O–H groups in total. The molecule has 0 spiro atoms. The van der Waals surface area contributed by atoms with Crippen molar-refractivity contribution in [1.29, 1.82) is 0 Å². The van der Waals surface area contributed by atoms with Crippen molar-refractivity contribution in [3.8, 4) is 0 Å². The van der Waals surface area contributed by atoms with Gasteiger partial charge < -0.3 is 0 Å². The zero-order valence-corrected chi connectivity index (χ0v) is 12.9. The molecule has 0 fully saturated rings. The Labute approximate surface area is 122 Å². The summed E-state index contributed by atoms with van der Waals surface area (Å²) in [4.78, 5) is 11.7. The van der Waals surface area contributed by atoms with Crippen molar-refractivity contribution in [2.24, 2.45) is 5.10 Å². The molecule has 0 unspecified atom stereocenters. The Balaban J connectivity index is 2.33. The number of amides is 1. The number of unbranched alkanes of at least 4 members (excludes halogenated alkanes) is 4. The van der Waals surface area contributed by atoms with Gasteiger partial charge in [-0.3, -0.25) is 4.79 Å². The van der Waals surface area contributed by atoms with Gasteiger partial charge in [-0.25, -0.2) is 5.43 Å². The standard InChI is InChI=1S/C17H26N2O/c1-4-5-6-7-8-12-17(20)19-18-15(3)16-11-9-10-14(2)13-16/h9-11,13H,4-8,12H2,1-3H3,(H,19,20)/b18-15+. The molecule has 0 radical (unpaired) electrons. The molecule has 0 aromatic heterocycles. The normalized spacial score (nSPS) is 11.4. The van der Waals surface area contributed by atoms with E-state index in [1.807, 2.05) is 32.0 Å². The molecule has 0 bridgehead atoms. The summed E-state index contributed by atoms with van der Waals surface area (Å²) in [6, 6.07) is 8.11. The zero-order valence-electron chi connectivity index (χ0n) is 12.9. The summed E-state index contributed by atoms with van der Waals surface area (Å²) in [5.41, 5.74) is 5.72. The van der Waals surface area contributed by atoms with E-state index in [0.29, 0.717) is 6.42 Å². The van der Waals surface area contributed by atoms with Gasteiger partial charge in [0.1, 0.15) is 0 Å². The van der Waals surface area contributed by atoms with Crippen LogP contribution in [0.25, 0.3) is 0 Å². The highest BCUT2D eigenvalue weighted by atomic mass is 16.2. The van der Waals surface area contributed by atoms with Crippen LogP contribution in [0.3, 0.4) is 0 Å². The van der Waals surface area contributed by atoms with Crippen LogP contribution in [0, 0.1) is 6.92 Å². The van der Waals surface area contributed by atoms with E-state index in [2.05, 4.69) is 23.5 Å². The monoisotopic (exact) mass is 274 g/mol. The third-order valence-corrected chi connectivity index (χ3v) is 3.29. The maximum absolute atomic E-state index is 11.7. The van der Waals surface area contributed by atoms with Gasteiger partial charge in [-0.05, 0) is 25.8 Å². The minimum atomic E-state index is 0.00787. The van der Waals surface area contributed by atoms with E-state index in [1.54, 1.807) is 0 Å². The van der Waals surface area contributed by atoms with Crippen LogP contribution in [0.5, 0.6) is 0 Å². The topological polar surface area (TPSA) is 41.5 Å². The Hall–Kier alpha value is -1.64. The van der Waals surface area contributed by atoms with E-state index in [0.717, 1.165) is 24.1 Å². The lowest BCUT2D eigenvalue weighted by molar-refractivity contribution is -0.121. The predicted octanol–water partition coefficient (Wildman–Crippen LogP) is 4.20. The van der Waals surface area contributed by atoms with Crippen LogP contribution >= 0.6 is 0 Å². The maximum Gasteiger partial charge on any atom is 0.240 e. The molecule has 0 heterocycles. The SMILES string of the molecule is CCCCCCCC(=O)N/N=C(\C)c1cccc(C)c1. The minimum Gasteiger partial charge on any atom is -0.273 e. The number of hydrogen-bond donors (Lipinski definition) is 1. The van der Waals surface area contributed by atoms with E-state index < -0.39 is 0 Å². The molecule has 0 aliphatic heterocycles. The minimum absolute atomic E-state index is 0.00787. The largest absolute Gasteiger partial charge is 0.273 e. The Morgan fingerprint density at radius 2 is 1.95 bits per heavy atom. The fourth-order valence-electron chi connectivity index (χ4n) is 2.03. The first-order chi connectivity index (χ1) is 9.63. The highest BCUT2D eigenvalue weighted by Crippen LogP contribution is 2.06. The summed E-state index contributed by atoms with van der Waals surface area (Å²) in [5, 5.41) is 4.17. The number of hydrazone groups is 1. The molecule has 3 nitrogen and oxygen atoms in total. The Bertz CT molecular complexity index is 452. The van der Waals surface area contributed by atoms with Crippen molar-refractivity contribution in [1.82, 2.24) is 5.43 Å². The van der Waals surface area contributed by atoms with E-state index >= 15 is 0 Å². The molecular weight excluding hydrogens is 248 g/mol. The van der Waals surface area contributed by atoms with Gasteiger partial charge in [0, 0.05) is 6.42 Å². The second kappa shape index (κ2) is 9.29. The van der Waals surface area contributed by atoms with Gasteiger partial charge in [-0.15, -0.1) is 0 Å². The summed E-state index contributed by atoms with van der Waals surface area (Å²) in [6.07, 6.45) is 6.34. The number of hydrogen-bond acceptors (Lipinski definition) is 2. The first-order valence-electron chi connectivity index (χ1n) is 7.53. The summed E-state index contributed by atoms with van der Waals surface area (Å²) >= 11 is 0. The molecule has 0 aliphatic carbocycles. The third kappa shape index (κ3) is 6.50. The smallest absolute Gasteiger partial charge is 0.240 e. The molecule has 3 heteroatoms. The highest BCUT2D eigenvalue weighted by molar-refractivity contribution is 5.99. The first-order valence-corrected chi connectivity index (χ1v) is 7.53. The fraction of sp³-hybridized carbons (Fsp3) is 0.529. The molecule has 0 aliphatic rings. The lowest BCUT2D eigenvalue weighted by Crippen LogP contribution is -2.18. The third-order valence-electron chi connectivity index (χ3n) is 3.29. The molecule has 0 atom stereocenters. The fourth-order valence-corrected chi connectivity index (χ4v) is 2.03. The Morgan fingerprint density at radius 1 is 1.20 bits per heavy atom. The van der Waals surface area contributed by atoms with Crippen LogP contribution in [0.2, 0.25) is 0 Å². The van der Waals surface area contributed by atoms with Crippen LogP contribution in [-0.4, -0.2) is 11.6 Å². The van der Waals surface area contributed by atoms with Crippen LogP contribution in [-0.2, 0) is 4.79 Å². The van der Waals surface area contributed by atoms with Crippen LogP contribution in [0.4, 0.5) is 0 Å². The molecule has 1 rings (SSSR count). The van der Waals surface area contributed by atoms with Crippen molar-refractivity contribution in [3.63, 3.8) is 0 Å². The molecular formula is C17H26N2O. The maximum atomic E-state index is 11.7. The summed E-state index contributed by atoms with van der Waals surface area (Å²) in [5.74, 6) is 0.00787. The molecule has 0 saturated carbocycles. The molecule has 1 amide bonds. The number of nitrogens with one attached hydrogen (secondary N) is 1. The average Bonchev–Trinajstić information content (AvgIpc) is 2.44. The number of nitrogens with zero attached hydrogens (tertiary/aromatic N) is 1. The van der Waals surface area contributed by atoms with Crippen molar-refractivity contribution >= 4 is 11.6 Å². The van der Waals surface area contributed by atoms with Crippen LogP contribution in [0.1, 0.15) is 63.5 Å². The number of aryl methyl sites for hydroxylation is 1. The lowest BCUT2D eigenvalue weighted by Gasteiger charge is -2.04. The summed E-state index contributed by atoms with van der Waals surface area (Å²) in [6.45, 7) is 6.15. The van der Waals surface area contributed by atoms with Gasteiger partial charge in [-0.2, -0.15) is 5.10 Å². The second-order valence-corrected chi connectivity index (χ2v) is 5.27. The quantitative estimate of drug-likeness (QED) is 0.431. The van der Waals surface area contributed by atoms with Gasteiger partial charge in [-0.1, -0.05) is 62.4 Å². The van der Waals surface area contributed by atoms with Gasteiger partial charge in [0.2, 0.25) is 5.91 Å². The Morgan fingerprint density at radius 3 is 2.65 bits per heavy atom. The van der Waals surface area contributed by atoms with Crippen LogP contribution < -0.4 is 5.43 Å². The molecule has 0 saturated heterocycles. The van der Waals surface area contributed by atoms with Gasteiger partial charge in [0.25, 0.3) is 0 Å². The Kier molecular flexibility index (Phi) is 7.63. The molecule has 110 valence electrons. The van der Waals surface area contributed by atoms with Gasteiger partial charge in [0.15, 0.2) is 0 Å². The first kappa shape index (κ1) is 16.4. The van der Waals surface area contributed by atoms with Crippen molar-refractivity contribution in [2.45, 2.75) is 59.3 Å². The van der Waals surface area contributed by atoms with Crippen LogP contribution in [0.15, 0.2) is 29.4 Å². The lowest BCUT2D eigenvalue weighted by atomic mass is 10.1. The summed E-state index contributed by atoms with van der Waals surface area (Å²) in [7, 11) is 0. The van der Waals surface area contributed by atoms with E-state index in [1.165, 1.54) is 24.8 Å². The number of carbonyl (C=O) groups excluding carboxylic acids is 1. The summed E-state index contributed by atoms with van der Waals surface area (Å²) < 4.78 is 0. The van der Waals surface area contributed by atoms with Crippen molar-refractivity contribution in [3.05, 3.63) is 35.4 Å². The molecule has 1 aromatic carbocycles. The number of benzene rings is 1. The van der Waals surface area contributed by atoms with E-state index in [-0.39, 0.29) is 5.91 Å². The number of carbonyl (C=O) groups is 1. The highest BCUT2D eigenvalue weighted by Gasteiger charge is 2.01. The van der Waals surface area contributed by atoms with E-state index in [4.69, 9.17) is 0 Å². The van der Waals surface area contributed by atoms with E-state index in [9.17, 15) is 4.79 Å². The average molecular weight is 274 g/mol. The number of rotatable bonds is 8.